The second-order valence-electron chi connectivity index (χ2n) is 7.82. The van der Waals surface area contributed by atoms with Gasteiger partial charge in [-0.15, -0.1) is 0 Å². The third kappa shape index (κ3) is 3.43. The van der Waals surface area contributed by atoms with E-state index in [0.29, 0.717) is 37.4 Å². The fourth-order valence-electron chi connectivity index (χ4n) is 4.31. The highest BCUT2D eigenvalue weighted by atomic mass is 16.2. The molecule has 0 unspecified atom stereocenters. The highest BCUT2D eigenvalue weighted by Gasteiger charge is 2.32. The standard InChI is InChI=1S/C23H24N6O2/c1-2-27-14-11-19(25-27)22(30)26-13-10-18(16-26)29-21-20(9-6-12-24-21)28(23(29)31)15-17-7-4-3-5-8-17/h3-9,11-12,14,18H,2,10,13,15-16H2,1H3/t18-/m1/s1. The molecule has 0 spiro atoms. The van der Waals surface area contributed by atoms with Crippen molar-refractivity contribution in [1.82, 2.24) is 28.8 Å². The molecule has 4 aromatic rings. The Hall–Kier alpha value is -3.68. The summed E-state index contributed by atoms with van der Waals surface area (Å²) in [7, 11) is 0. The van der Waals surface area contributed by atoms with Crippen molar-refractivity contribution < 1.29 is 4.79 Å². The first-order chi connectivity index (χ1) is 15.2. The average molecular weight is 416 g/mol. The molecule has 31 heavy (non-hydrogen) atoms. The van der Waals surface area contributed by atoms with Gasteiger partial charge >= 0.3 is 5.69 Å². The smallest absolute Gasteiger partial charge is 0.330 e. The Morgan fingerprint density at radius 3 is 2.74 bits per heavy atom. The van der Waals surface area contributed by atoms with Gasteiger partial charge in [0.05, 0.1) is 18.1 Å². The van der Waals surface area contributed by atoms with E-state index in [-0.39, 0.29) is 17.6 Å². The number of likely N-dealkylation sites (tertiary alicyclic amines) is 1. The molecule has 0 N–H and O–H groups in total. The van der Waals surface area contributed by atoms with Crippen LogP contribution in [-0.4, -0.2) is 47.8 Å². The van der Waals surface area contributed by atoms with Crippen LogP contribution in [0.2, 0.25) is 0 Å². The van der Waals surface area contributed by atoms with Gasteiger partial charge in [0.2, 0.25) is 0 Å². The Balaban J connectivity index is 1.46. The number of benzene rings is 1. The number of imidazole rings is 1. The van der Waals surface area contributed by atoms with Gasteiger partial charge in [-0.3, -0.25) is 18.6 Å². The average Bonchev–Trinajstić information content (AvgIpc) is 3.53. The minimum atomic E-state index is -0.112. The van der Waals surface area contributed by atoms with Crippen LogP contribution in [0.4, 0.5) is 0 Å². The molecule has 0 radical (unpaired) electrons. The zero-order chi connectivity index (χ0) is 21.4. The van der Waals surface area contributed by atoms with Crippen molar-refractivity contribution in [3.63, 3.8) is 0 Å². The molecule has 1 atom stereocenters. The Morgan fingerprint density at radius 2 is 1.97 bits per heavy atom. The number of nitrogens with zero attached hydrogens (tertiary/aromatic N) is 6. The topological polar surface area (TPSA) is 78.0 Å². The minimum Gasteiger partial charge on any atom is -0.335 e. The first kappa shape index (κ1) is 19.3. The number of aromatic nitrogens is 5. The van der Waals surface area contributed by atoms with Crippen molar-refractivity contribution in [1.29, 1.82) is 0 Å². The number of fused-ring (bicyclic) bond motifs is 1. The van der Waals surface area contributed by atoms with Gasteiger partial charge in [-0.05, 0) is 37.1 Å². The maximum absolute atomic E-state index is 13.4. The predicted molar refractivity (Wildman–Crippen MR) is 117 cm³/mol. The van der Waals surface area contributed by atoms with Crippen molar-refractivity contribution in [3.05, 3.63) is 82.7 Å². The normalized spacial score (nSPS) is 16.3. The quantitative estimate of drug-likeness (QED) is 0.501. The molecule has 0 aliphatic carbocycles. The fourth-order valence-corrected chi connectivity index (χ4v) is 4.31. The first-order valence-electron chi connectivity index (χ1n) is 10.6. The largest absolute Gasteiger partial charge is 0.335 e. The molecule has 1 fully saturated rings. The molecule has 0 bridgehead atoms. The molecule has 1 amide bonds. The van der Waals surface area contributed by atoms with E-state index in [1.807, 2.05) is 55.6 Å². The van der Waals surface area contributed by atoms with Gasteiger partial charge in [-0.1, -0.05) is 30.3 Å². The summed E-state index contributed by atoms with van der Waals surface area (Å²) in [6, 6.07) is 15.3. The van der Waals surface area contributed by atoms with E-state index in [9.17, 15) is 9.59 Å². The number of carbonyl (C=O) groups is 1. The maximum atomic E-state index is 13.4. The van der Waals surface area contributed by atoms with E-state index in [2.05, 4.69) is 10.1 Å². The van der Waals surface area contributed by atoms with Crippen molar-refractivity contribution in [3.8, 4) is 0 Å². The molecule has 5 rings (SSSR count). The minimum absolute atomic E-state index is 0.0906. The Kier molecular flexibility index (Phi) is 4.89. The molecular formula is C23H24N6O2. The van der Waals surface area contributed by atoms with Gasteiger partial charge in [0, 0.05) is 32.0 Å². The highest BCUT2D eigenvalue weighted by Crippen LogP contribution is 2.25. The summed E-state index contributed by atoms with van der Waals surface area (Å²) in [6.07, 6.45) is 4.23. The monoisotopic (exact) mass is 416 g/mol. The zero-order valence-electron chi connectivity index (χ0n) is 17.4. The molecule has 1 aliphatic rings. The van der Waals surface area contributed by atoms with Gasteiger partial charge in [0.25, 0.3) is 5.91 Å². The number of hydrogen-bond donors (Lipinski definition) is 0. The number of carbonyl (C=O) groups excluding carboxylic acids is 1. The van der Waals surface area contributed by atoms with E-state index in [0.717, 1.165) is 17.6 Å². The lowest BCUT2D eigenvalue weighted by Crippen LogP contribution is -2.32. The van der Waals surface area contributed by atoms with Crippen LogP contribution < -0.4 is 5.69 Å². The fraction of sp³-hybridized carbons (Fsp3) is 0.304. The summed E-state index contributed by atoms with van der Waals surface area (Å²) in [5.41, 5.74) is 2.88. The first-order valence-corrected chi connectivity index (χ1v) is 10.6. The molecular weight excluding hydrogens is 392 g/mol. The van der Waals surface area contributed by atoms with E-state index in [1.165, 1.54) is 0 Å². The SMILES string of the molecule is CCn1ccc(C(=O)N2CC[C@@H](n3c(=O)n(Cc4ccccc4)c4cccnc43)C2)n1. The van der Waals surface area contributed by atoms with Crippen molar-refractivity contribution in [2.45, 2.75) is 32.5 Å². The third-order valence-electron chi connectivity index (χ3n) is 5.91. The lowest BCUT2D eigenvalue weighted by atomic mass is 10.2. The molecule has 0 saturated carbocycles. The Bertz CT molecular complexity index is 1290. The van der Waals surface area contributed by atoms with Gasteiger partial charge in [-0.25, -0.2) is 9.78 Å². The molecule has 8 nitrogen and oxygen atoms in total. The molecule has 1 aromatic carbocycles. The molecule has 4 heterocycles. The summed E-state index contributed by atoms with van der Waals surface area (Å²) < 4.78 is 5.27. The Morgan fingerprint density at radius 1 is 1.13 bits per heavy atom. The summed E-state index contributed by atoms with van der Waals surface area (Å²) in [5.74, 6) is -0.0938. The molecule has 8 heteroatoms. The number of hydrogen-bond acceptors (Lipinski definition) is 4. The third-order valence-corrected chi connectivity index (χ3v) is 5.91. The van der Waals surface area contributed by atoms with Crippen LogP contribution in [0, 0.1) is 0 Å². The summed E-state index contributed by atoms with van der Waals surface area (Å²) >= 11 is 0. The van der Waals surface area contributed by atoms with Crippen molar-refractivity contribution in [2.75, 3.05) is 13.1 Å². The molecule has 1 saturated heterocycles. The van der Waals surface area contributed by atoms with Crippen LogP contribution in [0.15, 0.2) is 65.7 Å². The molecule has 3 aromatic heterocycles. The van der Waals surface area contributed by atoms with E-state index in [1.54, 1.807) is 31.0 Å². The number of amides is 1. The van der Waals surface area contributed by atoms with Crippen LogP contribution in [0.1, 0.15) is 35.4 Å². The van der Waals surface area contributed by atoms with E-state index >= 15 is 0 Å². The zero-order valence-corrected chi connectivity index (χ0v) is 17.4. The Labute approximate surface area is 179 Å². The molecule has 1 aliphatic heterocycles. The van der Waals surface area contributed by atoms with Crippen molar-refractivity contribution in [2.24, 2.45) is 0 Å². The maximum Gasteiger partial charge on any atom is 0.330 e. The van der Waals surface area contributed by atoms with Gasteiger partial charge in [0.1, 0.15) is 5.69 Å². The van der Waals surface area contributed by atoms with Crippen LogP contribution in [0.5, 0.6) is 0 Å². The van der Waals surface area contributed by atoms with Gasteiger partial charge in [-0.2, -0.15) is 5.10 Å². The van der Waals surface area contributed by atoms with Crippen LogP contribution >= 0.6 is 0 Å². The van der Waals surface area contributed by atoms with Crippen LogP contribution in [-0.2, 0) is 13.1 Å². The lowest BCUT2D eigenvalue weighted by molar-refractivity contribution is 0.0781. The second-order valence-corrected chi connectivity index (χ2v) is 7.82. The number of aryl methyl sites for hydroxylation is 1. The molecule has 158 valence electrons. The van der Waals surface area contributed by atoms with Crippen LogP contribution in [0.25, 0.3) is 11.2 Å². The van der Waals surface area contributed by atoms with Crippen molar-refractivity contribution >= 4 is 17.1 Å². The highest BCUT2D eigenvalue weighted by molar-refractivity contribution is 5.92. The summed E-state index contributed by atoms with van der Waals surface area (Å²) in [4.78, 5) is 32.6. The van der Waals surface area contributed by atoms with E-state index in [4.69, 9.17) is 0 Å². The van der Waals surface area contributed by atoms with Gasteiger partial charge in [0.15, 0.2) is 5.65 Å². The second kappa shape index (κ2) is 7.86. The summed E-state index contributed by atoms with van der Waals surface area (Å²) in [6.45, 7) is 4.25. The number of pyridine rings is 1. The lowest BCUT2D eigenvalue weighted by Gasteiger charge is -2.15. The summed E-state index contributed by atoms with van der Waals surface area (Å²) in [5, 5.41) is 4.33. The predicted octanol–water partition coefficient (Wildman–Crippen LogP) is 2.55. The number of rotatable bonds is 5. The van der Waals surface area contributed by atoms with Crippen LogP contribution in [0.3, 0.4) is 0 Å². The van der Waals surface area contributed by atoms with E-state index < -0.39 is 0 Å². The van der Waals surface area contributed by atoms with Gasteiger partial charge < -0.3 is 4.90 Å².